The third kappa shape index (κ3) is 5.41. The van der Waals surface area contributed by atoms with Crippen molar-refractivity contribution in [2.24, 2.45) is 0 Å². The van der Waals surface area contributed by atoms with E-state index in [0.717, 1.165) is 0 Å². The number of anilines is 1. The Bertz CT molecular complexity index is 823. The monoisotopic (exact) mass is 358 g/mol. The van der Waals surface area contributed by atoms with Crippen LogP contribution in [0.1, 0.15) is 22.8 Å². The zero-order valence-electron chi connectivity index (χ0n) is 14.4. The molecule has 136 valence electrons. The molecule has 0 bridgehead atoms. The van der Waals surface area contributed by atoms with E-state index in [2.05, 4.69) is 10.6 Å². The molecule has 2 rings (SSSR count). The molecule has 7 heteroatoms. The van der Waals surface area contributed by atoms with Crippen LogP contribution in [0.15, 0.2) is 48.5 Å². The lowest BCUT2D eigenvalue weighted by Crippen LogP contribution is -2.43. The van der Waals surface area contributed by atoms with Crippen LogP contribution in [0.2, 0.25) is 0 Å². The fourth-order valence-electron chi connectivity index (χ4n) is 2.42. The van der Waals surface area contributed by atoms with Gasteiger partial charge in [0.25, 0.3) is 5.91 Å². The summed E-state index contributed by atoms with van der Waals surface area (Å²) >= 11 is 0. The van der Waals surface area contributed by atoms with Crippen LogP contribution >= 0.6 is 0 Å². The van der Waals surface area contributed by atoms with E-state index in [1.54, 1.807) is 24.3 Å². The van der Waals surface area contributed by atoms with Crippen molar-refractivity contribution in [1.29, 1.82) is 0 Å². The van der Waals surface area contributed by atoms with Gasteiger partial charge in [-0.2, -0.15) is 0 Å². The van der Waals surface area contributed by atoms with E-state index in [1.165, 1.54) is 38.3 Å². The zero-order valence-corrected chi connectivity index (χ0v) is 14.4. The van der Waals surface area contributed by atoms with E-state index in [1.807, 2.05) is 0 Å². The second-order valence-corrected chi connectivity index (χ2v) is 5.65. The first-order chi connectivity index (χ1) is 12.4. The number of carbonyl (C=O) groups is 3. The second kappa shape index (κ2) is 8.75. The van der Waals surface area contributed by atoms with Crippen LogP contribution < -0.4 is 10.6 Å². The van der Waals surface area contributed by atoms with Gasteiger partial charge in [0.05, 0.1) is 7.11 Å². The number of carbonyl (C=O) groups excluding carboxylic acids is 3. The normalized spacial score (nSPS) is 11.3. The maximum Gasteiger partial charge on any atom is 0.328 e. The number of esters is 1. The standard InChI is InChI=1S/C19H19FN2O4/c1-12(23)21-16-8-4-6-14(11-16)18(24)22-17(19(25)26-2)10-13-5-3-7-15(20)9-13/h3-9,11,17H,10H2,1-2H3,(H,21,23)(H,22,24)/t17-/m1/s1. The first-order valence-electron chi connectivity index (χ1n) is 7.90. The lowest BCUT2D eigenvalue weighted by atomic mass is 10.0. The molecule has 0 saturated carbocycles. The minimum absolute atomic E-state index is 0.0849. The van der Waals surface area contributed by atoms with Crippen molar-refractivity contribution in [2.75, 3.05) is 12.4 Å². The zero-order chi connectivity index (χ0) is 19.1. The maximum absolute atomic E-state index is 13.3. The van der Waals surface area contributed by atoms with Gasteiger partial charge in [0.15, 0.2) is 0 Å². The molecule has 6 nitrogen and oxygen atoms in total. The van der Waals surface area contributed by atoms with Crippen LogP contribution in [0.5, 0.6) is 0 Å². The van der Waals surface area contributed by atoms with Gasteiger partial charge in [-0.05, 0) is 35.9 Å². The topological polar surface area (TPSA) is 84.5 Å². The molecule has 0 fully saturated rings. The molecule has 2 aromatic rings. The van der Waals surface area contributed by atoms with Gasteiger partial charge >= 0.3 is 5.97 Å². The molecular formula is C19H19FN2O4. The molecule has 2 aromatic carbocycles. The van der Waals surface area contributed by atoms with Crippen molar-refractivity contribution >= 4 is 23.5 Å². The van der Waals surface area contributed by atoms with Gasteiger partial charge in [-0.1, -0.05) is 18.2 Å². The summed E-state index contributed by atoms with van der Waals surface area (Å²) in [6, 6.07) is 11.1. The van der Waals surface area contributed by atoms with E-state index in [-0.39, 0.29) is 17.9 Å². The minimum Gasteiger partial charge on any atom is -0.467 e. The molecule has 0 saturated heterocycles. The molecule has 1 atom stereocenters. The van der Waals surface area contributed by atoms with Crippen LogP contribution in [0, 0.1) is 5.82 Å². The van der Waals surface area contributed by atoms with Crippen LogP contribution in [-0.4, -0.2) is 30.9 Å². The summed E-state index contributed by atoms with van der Waals surface area (Å²) in [5.74, 6) is -1.84. The van der Waals surface area contributed by atoms with Gasteiger partial charge in [-0.15, -0.1) is 0 Å². The molecule has 0 aliphatic rings. The first-order valence-corrected chi connectivity index (χ1v) is 7.90. The lowest BCUT2D eigenvalue weighted by Gasteiger charge is -2.17. The lowest BCUT2D eigenvalue weighted by molar-refractivity contribution is -0.142. The fraction of sp³-hybridized carbons (Fsp3) is 0.211. The number of benzene rings is 2. The predicted octanol–water partition coefficient (Wildman–Crippen LogP) is 2.30. The summed E-state index contributed by atoms with van der Waals surface area (Å²) in [5, 5.41) is 5.16. The number of amides is 2. The van der Waals surface area contributed by atoms with Gasteiger partial charge in [-0.25, -0.2) is 9.18 Å². The van der Waals surface area contributed by atoms with E-state index < -0.39 is 23.7 Å². The van der Waals surface area contributed by atoms with Crippen molar-refractivity contribution in [2.45, 2.75) is 19.4 Å². The third-order valence-electron chi connectivity index (χ3n) is 3.57. The largest absolute Gasteiger partial charge is 0.467 e. The van der Waals surface area contributed by atoms with Crippen molar-refractivity contribution in [3.8, 4) is 0 Å². The number of hydrogen-bond acceptors (Lipinski definition) is 4. The number of halogens is 1. The number of methoxy groups -OCH3 is 1. The van der Waals surface area contributed by atoms with E-state index in [9.17, 15) is 18.8 Å². The van der Waals surface area contributed by atoms with Crippen LogP contribution in [-0.2, 0) is 20.7 Å². The summed E-state index contributed by atoms with van der Waals surface area (Å²) < 4.78 is 18.1. The Hall–Kier alpha value is -3.22. The number of ether oxygens (including phenoxy) is 1. The van der Waals surface area contributed by atoms with Crippen LogP contribution in [0.25, 0.3) is 0 Å². The highest BCUT2D eigenvalue weighted by Gasteiger charge is 2.23. The highest BCUT2D eigenvalue weighted by Crippen LogP contribution is 2.12. The molecule has 0 heterocycles. The highest BCUT2D eigenvalue weighted by atomic mass is 19.1. The molecule has 0 spiro atoms. The average Bonchev–Trinajstić information content (AvgIpc) is 2.60. The summed E-state index contributed by atoms with van der Waals surface area (Å²) in [7, 11) is 1.21. The molecular weight excluding hydrogens is 339 g/mol. The van der Waals surface area contributed by atoms with E-state index in [0.29, 0.717) is 11.3 Å². The van der Waals surface area contributed by atoms with Crippen molar-refractivity contribution in [3.05, 3.63) is 65.5 Å². The Kier molecular flexibility index (Phi) is 6.43. The molecule has 2 amide bonds. The number of hydrogen-bond donors (Lipinski definition) is 2. The SMILES string of the molecule is COC(=O)[C@@H](Cc1cccc(F)c1)NC(=O)c1cccc(NC(C)=O)c1. The average molecular weight is 358 g/mol. The molecule has 0 unspecified atom stereocenters. The van der Waals surface area contributed by atoms with Crippen molar-refractivity contribution < 1.29 is 23.5 Å². The van der Waals surface area contributed by atoms with Crippen molar-refractivity contribution in [1.82, 2.24) is 5.32 Å². The molecule has 2 N–H and O–H groups in total. The predicted molar refractivity (Wildman–Crippen MR) is 94.1 cm³/mol. The summed E-state index contributed by atoms with van der Waals surface area (Å²) in [6.07, 6.45) is 0.0849. The van der Waals surface area contributed by atoms with Crippen LogP contribution in [0.3, 0.4) is 0 Å². The quantitative estimate of drug-likeness (QED) is 0.776. The van der Waals surface area contributed by atoms with Crippen LogP contribution in [0.4, 0.5) is 10.1 Å². The highest BCUT2D eigenvalue weighted by molar-refractivity contribution is 5.98. The Morgan fingerprint density at radius 3 is 2.50 bits per heavy atom. The maximum atomic E-state index is 13.3. The second-order valence-electron chi connectivity index (χ2n) is 5.65. The Balaban J connectivity index is 2.16. The molecule has 0 aliphatic heterocycles. The Morgan fingerprint density at radius 2 is 1.85 bits per heavy atom. The Morgan fingerprint density at radius 1 is 1.12 bits per heavy atom. The molecule has 0 radical (unpaired) electrons. The number of nitrogens with one attached hydrogen (secondary N) is 2. The fourth-order valence-corrected chi connectivity index (χ4v) is 2.42. The van der Waals surface area contributed by atoms with Gasteiger partial charge in [0, 0.05) is 24.6 Å². The summed E-state index contributed by atoms with van der Waals surface area (Å²) in [5.41, 5.74) is 1.28. The van der Waals surface area contributed by atoms with Gasteiger partial charge in [0.1, 0.15) is 11.9 Å². The number of rotatable bonds is 6. The van der Waals surface area contributed by atoms with Gasteiger partial charge in [-0.3, -0.25) is 9.59 Å². The molecule has 0 aliphatic carbocycles. The first kappa shape index (κ1) is 19.1. The summed E-state index contributed by atoms with van der Waals surface area (Å²) in [4.78, 5) is 35.6. The minimum atomic E-state index is -0.973. The van der Waals surface area contributed by atoms with Crippen molar-refractivity contribution in [3.63, 3.8) is 0 Å². The van der Waals surface area contributed by atoms with E-state index >= 15 is 0 Å². The third-order valence-corrected chi connectivity index (χ3v) is 3.57. The summed E-state index contributed by atoms with van der Waals surface area (Å²) in [6.45, 7) is 1.36. The molecule has 26 heavy (non-hydrogen) atoms. The van der Waals surface area contributed by atoms with E-state index in [4.69, 9.17) is 4.74 Å². The smallest absolute Gasteiger partial charge is 0.328 e. The Labute approximate surface area is 150 Å². The van der Waals surface area contributed by atoms with Gasteiger partial charge < -0.3 is 15.4 Å². The molecule has 0 aromatic heterocycles. The van der Waals surface area contributed by atoms with Gasteiger partial charge in [0.2, 0.25) is 5.91 Å².